The molecule has 8 nitrogen and oxygen atoms in total. The molecule has 1 aromatic carbocycles. The topological polar surface area (TPSA) is 107 Å². The summed E-state index contributed by atoms with van der Waals surface area (Å²) in [6.45, 7) is 3.45. The van der Waals surface area contributed by atoms with Gasteiger partial charge < -0.3 is 19.2 Å². The van der Waals surface area contributed by atoms with Crippen LogP contribution in [0.15, 0.2) is 22.6 Å². The van der Waals surface area contributed by atoms with Crippen molar-refractivity contribution in [3.63, 3.8) is 0 Å². The van der Waals surface area contributed by atoms with Gasteiger partial charge in [-0.1, -0.05) is 6.92 Å². The molecule has 0 saturated carbocycles. The van der Waals surface area contributed by atoms with Crippen molar-refractivity contribution in [1.29, 1.82) is 0 Å². The number of nitrogens with one attached hydrogen (secondary N) is 2. The first-order valence-electron chi connectivity index (χ1n) is 7.78. The number of carbonyl (C=O) groups excluding carboxylic acids is 3. The number of furan rings is 1. The van der Waals surface area contributed by atoms with Crippen LogP contribution >= 0.6 is 0 Å². The SMILES string of the molecule is CCCNC(=O)NC(=O)COC(=O)c1oc2ccc(OC)cc2c1C. The molecule has 0 spiro atoms. The lowest BCUT2D eigenvalue weighted by molar-refractivity contribution is -0.123. The predicted octanol–water partition coefficient (Wildman–Crippen LogP) is 2.14. The van der Waals surface area contributed by atoms with E-state index in [1.807, 2.05) is 6.92 Å². The summed E-state index contributed by atoms with van der Waals surface area (Å²) in [5.74, 6) is -0.866. The highest BCUT2D eigenvalue weighted by Crippen LogP contribution is 2.29. The summed E-state index contributed by atoms with van der Waals surface area (Å²) in [4.78, 5) is 35.1. The van der Waals surface area contributed by atoms with Crippen LogP contribution in [-0.4, -0.2) is 38.2 Å². The molecular weight excluding hydrogens is 328 g/mol. The van der Waals surface area contributed by atoms with Crippen LogP contribution in [0, 0.1) is 6.92 Å². The summed E-state index contributed by atoms with van der Waals surface area (Å²) in [5, 5.41) is 5.26. The normalized spacial score (nSPS) is 10.4. The molecule has 0 bridgehead atoms. The highest BCUT2D eigenvalue weighted by Gasteiger charge is 2.20. The lowest BCUT2D eigenvalue weighted by Crippen LogP contribution is -2.41. The number of rotatable bonds is 6. The van der Waals surface area contributed by atoms with Crippen LogP contribution in [0.25, 0.3) is 11.0 Å². The van der Waals surface area contributed by atoms with Gasteiger partial charge in [0.05, 0.1) is 7.11 Å². The Balaban J connectivity index is 1.99. The molecule has 0 aliphatic heterocycles. The van der Waals surface area contributed by atoms with E-state index in [1.165, 1.54) is 0 Å². The molecule has 1 heterocycles. The molecule has 1 aromatic heterocycles. The van der Waals surface area contributed by atoms with Crippen LogP contribution in [0.3, 0.4) is 0 Å². The second-order valence-corrected chi connectivity index (χ2v) is 5.30. The minimum atomic E-state index is -0.781. The minimum Gasteiger partial charge on any atom is -0.497 e. The number of fused-ring (bicyclic) bond motifs is 1. The average Bonchev–Trinajstić information content (AvgIpc) is 2.94. The molecule has 2 N–H and O–H groups in total. The number of aryl methyl sites for hydroxylation is 1. The van der Waals surface area contributed by atoms with Gasteiger partial charge in [-0.05, 0) is 31.5 Å². The molecule has 0 fully saturated rings. The zero-order valence-electron chi connectivity index (χ0n) is 14.3. The van der Waals surface area contributed by atoms with Crippen LogP contribution in [0.2, 0.25) is 0 Å². The lowest BCUT2D eigenvalue weighted by Gasteiger charge is -2.06. The van der Waals surface area contributed by atoms with Gasteiger partial charge in [-0.25, -0.2) is 9.59 Å². The molecule has 0 aliphatic rings. The van der Waals surface area contributed by atoms with Gasteiger partial charge in [0, 0.05) is 17.5 Å². The van der Waals surface area contributed by atoms with E-state index in [-0.39, 0.29) is 5.76 Å². The van der Waals surface area contributed by atoms with E-state index >= 15 is 0 Å². The Bertz CT molecular complexity index is 796. The molecule has 25 heavy (non-hydrogen) atoms. The maximum atomic E-state index is 12.1. The number of esters is 1. The second kappa shape index (κ2) is 8.18. The van der Waals surface area contributed by atoms with Gasteiger partial charge in [0.1, 0.15) is 11.3 Å². The highest BCUT2D eigenvalue weighted by atomic mass is 16.5. The van der Waals surface area contributed by atoms with Gasteiger partial charge >= 0.3 is 12.0 Å². The van der Waals surface area contributed by atoms with Crippen LogP contribution < -0.4 is 15.4 Å². The molecule has 3 amide bonds. The summed E-state index contributed by atoms with van der Waals surface area (Å²) in [6, 6.07) is 4.51. The third-order valence-electron chi connectivity index (χ3n) is 3.45. The van der Waals surface area contributed by atoms with Gasteiger partial charge in [-0.2, -0.15) is 0 Å². The third-order valence-corrected chi connectivity index (χ3v) is 3.45. The molecular formula is C17H20N2O6. The maximum absolute atomic E-state index is 12.1. The Morgan fingerprint density at radius 3 is 2.68 bits per heavy atom. The van der Waals surface area contributed by atoms with Crippen molar-refractivity contribution in [1.82, 2.24) is 10.6 Å². The van der Waals surface area contributed by atoms with Gasteiger partial charge in [0.15, 0.2) is 6.61 Å². The predicted molar refractivity (Wildman–Crippen MR) is 89.6 cm³/mol. The minimum absolute atomic E-state index is 0.00601. The summed E-state index contributed by atoms with van der Waals surface area (Å²) in [5.41, 5.74) is 1.09. The number of hydrogen-bond acceptors (Lipinski definition) is 6. The molecule has 2 aromatic rings. The van der Waals surface area contributed by atoms with Gasteiger partial charge in [-0.3, -0.25) is 10.1 Å². The Hall–Kier alpha value is -3.03. The molecule has 0 aliphatic carbocycles. The summed E-state index contributed by atoms with van der Waals surface area (Å²) in [6.07, 6.45) is 0.743. The maximum Gasteiger partial charge on any atom is 0.375 e. The molecule has 0 unspecified atom stereocenters. The van der Waals surface area contributed by atoms with Crippen molar-refractivity contribution < 1.29 is 28.3 Å². The van der Waals surface area contributed by atoms with E-state index in [0.29, 0.717) is 23.4 Å². The van der Waals surface area contributed by atoms with E-state index in [9.17, 15) is 14.4 Å². The first kappa shape index (κ1) is 18.3. The number of ether oxygens (including phenoxy) is 2. The van der Waals surface area contributed by atoms with Crippen LogP contribution in [0.1, 0.15) is 29.5 Å². The van der Waals surface area contributed by atoms with Crippen LogP contribution in [0.5, 0.6) is 5.75 Å². The van der Waals surface area contributed by atoms with Crippen molar-refractivity contribution in [2.45, 2.75) is 20.3 Å². The Kier molecular flexibility index (Phi) is 5.99. The van der Waals surface area contributed by atoms with Crippen molar-refractivity contribution in [2.24, 2.45) is 0 Å². The first-order valence-corrected chi connectivity index (χ1v) is 7.78. The van der Waals surface area contributed by atoms with Gasteiger partial charge in [-0.15, -0.1) is 0 Å². The third kappa shape index (κ3) is 4.50. The first-order chi connectivity index (χ1) is 12.0. The smallest absolute Gasteiger partial charge is 0.375 e. The van der Waals surface area contributed by atoms with E-state index in [0.717, 1.165) is 11.8 Å². The number of imide groups is 1. The molecule has 2 rings (SSSR count). The quantitative estimate of drug-likeness (QED) is 0.775. The van der Waals surface area contributed by atoms with Crippen LogP contribution in [0.4, 0.5) is 4.79 Å². The monoisotopic (exact) mass is 348 g/mol. The van der Waals surface area contributed by atoms with E-state index < -0.39 is 24.5 Å². The van der Waals surface area contributed by atoms with Crippen molar-refractivity contribution in [2.75, 3.05) is 20.3 Å². The number of carbonyl (C=O) groups is 3. The van der Waals surface area contributed by atoms with Crippen molar-refractivity contribution in [3.8, 4) is 5.75 Å². The number of benzene rings is 1. The summed E-state index contributed by atoms with van der Waals surface area (Å²) in [7, 11) is 1.54. The van der Waals surface area contributed by atoms with E-state index in [4.69, 9.17) is 13.9 Å². The van der Waals surface area contributed by atoms with Crippen molar-refractivity contribution in [3.05, 3.63) is 29.5 Å². The Labute approximate surface area is 144 Å². The molecule has 0 saturated heterocycles. The standard InChI is InChI=1S/C17H20N2O6/c1-4-7-18-17(22)19-14(20)9-24-16(21)15-10(2)12-8-11(23-3)5-6-13(12)25-15/h5-6,8H,4,7,9H2,1-3H3,(H2,18,19,20,22). The zero-order chi connectivity index (χ0) is 18.4. The molecule has 8 heteroatoms. The zero-order valence-corrected chi connectivity index (χ0v) is 14.3. The fourth-order valence-corrected chi connectivity index (χ4v) is 2.16. The summed E-state index contributed by atoms with van der Waals surface area (Å²) < 4.78 is 15.5. The number of methoxy groups -OCH3 is 1. The molecule has 0 atom stereocenters. The highest BCUT2D eigenvalue weighted by molar-refractivity contribution is 5.99. The van der Waals surface area contributed by atoms with E-state index in [1.54, 1.807) is 32.2 Å². The van der Waals surface area contributed by atoms with E-state index in [2.05, 4.69) is 10.6 Å². The molecule has 0 radical (unpaired) electrons. The fraction of sp³-hybridized carbons (Fsp3) is 0.353. The largest absolute Gasteiger partial charge is 0.497 e. The number of hydrogen-bond donors (Lipinski definition) is 2. The Morgan fingerprint density at radius 2 is 2.00 bits per heavy atom. The number of urea groups is 1. The molecule has 134 valence electrons. The Morgan fingerprint density at radius 1 is 1.24 bits per heavy atom. The van der Waals surface area contributed by atoms with Crippen molar-refractivity contribution >= 4 is 28.9 Å². The van der Waals surface area contributed by atoms with Gasteiger partial charge in [0.2, 0.25) is 5.76 Å². The average molecular weight is 348 g/mol. The number of amides is 3. The fourth-order valence-electron chi connectivity index (χ4n) is 2.16. The van der Waals surface area contributed by atoms with Crippen LogP contribution in [-0.2, 0) is 9.53 Å². The summed E-state index contributed by atoms with van der Waals surface area (Å²) >= 11 is 0. The van der Waals surface area contributed by atoms with Gasteiger partial charge in [0.25, 0.3) is 5.91 Å². The lowest BCUT2D eigenvalue weighted by atomic mass is 10.1. The second-order valence-electron chi connectivity index (χ2n) is 5.30.